The van der Waals surface area contributed by atoms with Crippen LogP contribution in [0, 0.1) is 5.82 Å². The second kappa shape index (κ2) is 7.17. The monoisotopic (exact) mass is 293 g/mol. The molecular weight excluding hydrogens is 273 g/mol. The molecule has 1 aliphatic carbocycles. The van der Waals surface area contributed by atoms with Crippen molar-refractivity contribution < 1.29 is 14.0 Å². The Labute approximate surface area is 123 Å². The highest BCUT2D eigenvalue weighted by Crippen LogP contribution is 2.18. The molecule has 2 N–H and O–H groups in total. The van der Waals surface area contributed by atoms with Crippen molar-refractivity contribution in [2.45, 2.75) is 32.4 Å². The molecule has 0 aromatic heterocycles. The predicted molar refractivity (Wildman–Crippen MR) is 77.0 cm³/mol. The van der Waals surface area contributed by atoms with Crippen LogP contribution in [0.3, 0.4) is 0 Å². The van der Waals surface area contributed by atoms with Gasteiger partial charge in [-0.2, -0.15) is 0 Å². The van der Waals surface area contributed by atoms with Crippen molar-refractivity contribution in [3.05, 3.63) is 35.6 Å². The molecule has 5 nitrogen and oxygen atoms in total. The largest absolute Gasteiger partial charge is 0.335 e. The van der Waals surface area contributed by atoms with Gasteiger partial charge in [0.15, 0.2) is 0 Å². The lowest BCUT2D eigenvalue weighted by molar-refractivity contribution is -0.121. The van der Waals surface area contributed by atoms with Crippen LogP contribution >= 0.6 is 0 Å². The van der Waals surface area contributed by atoms with Gasteiger partial charge in [0.05, 0.1) is 6.54 Å². The Bertz CT molecular complexity index is 517. The van der Waals surface area contributed by atoms with Crippen LogP contribution in [0.5, 0.6) is 0 Å². The van der Waals surface area contributed by atoms with Gasteiger partial charge in [-0.05, 0) is 37.1 Å². The summed E-state index contributed by atoms with van der Waals surface area (Å²) in [5, 5.41) is 5.00. The Morgan fingerprint density at radius 1 is 1.38 bits per heavy atom. The first-order valence-electron chi connectivity index (χ1n) is 7.14. The van der Waals surface area contributed by atoms with Gasteiger partial charge in [0.25, 0.3) is 0 Å². The molecule has 1 aromatic carbocycles. The summed E-state index contributed by atoms with van der Waals surface area (Å²) in [6.45, 7) is 3.11. The average molecular weight is 293 g/mol. The second-order valence-corrected chi connectivity index (χ2v) is 5.23. The molecule has 2 rings (SSSR count). The smallest absolute Gasteiger partial charge is 0.321 e. The minimum atomic E-state index is -0.440. The Morgan fingerprint density at radius 2 is 2.14 bits per heavy atom. The van der Waals surface area contributed by atoms with Crippen LogP contribution in [-0.4, -0.2) is 36.0 Å². The number of imide groups is 1. The molecule has 0 heterocycles. The molecule has 0 saturated heterocycles. The topological polar surface area (TPSA) is 61.4 Å². The van der Waals surface area contributed by atoms with Crippen LogP contribution in [0.4, 0.5) is 9.18 Å². The van der Waals surface area contributed by atoms with Gasteiger partial charge in [-0.25, -0.2) is 9.18 Å². The summed E-state index contributed by atoms with van der Waals surface area (Å²) in [5.41, 5.74) is 0.798. The van der Waals surface area contributed by atoms with Crippen molar-refractivity contribution >= 4 is 11.9 Å². The molecular formula is C15H20FN3O2. The molecule has 0 radical (unpaired) electrons. The zero-order valence-corrected chi connectivity index (χ0v) is 12.1. The van der Waals surface area contributed by atoms with Gasteiger partial charge in [0.2, 0.25) is 5.91 Å². The summed E-state index contributed by atoms with van der Waals surface area (Å²) in [5.74, 6) is -0.650. The van der Waals surface area contributed by atoms with Crippen molar-refractivity contribution in [1.82, 2.24) is 15.5 Å². The third kappa shape index (κ3) is 5.51. The molecule has 0 aliphatic heterocycles. The van der Waals surface area contributed by atoms with E-state index in [1.165, 1.54) is 12.1 Å². The second-order valence-electron chi connectivity index (χ2n) is 5.23. The van der Waals surface area contributed by atoms with Gasteiger partial charge in [0.1, 0.15) is 5.82 Å². The lowest BCUT2D eigenvalue weighted by Gasteiger charge is -2.19. The highest BCUT2D eigenvalue weighted by atomic mass is 19.1. The van der Waals surface area contributed by atoms with Gasteiger partial charge < -0.3 is 5.32 Å². The maximum absolute atomic E-state index is 13.1. The number of rotatable bonds is 6. The fourth-order valence-corrected chi connectivity index (χ4v) is 1.99. The first kappa shape index (κ1) is 15.4. The standard InChI is InChI=1S/C15H20FN3O2/c1-2-19(9-11-4-3-5-12(16)8-11)10-14(20)18-15(21)17-13-6-7-13/h3-5,8,13H,2,6-7,9-10H2,1H3,(H2,17,18,20,21). The SMILES string of the molecule is CCN(CC(=O)NC(=O)NC1CC1)Cc1cccc(F)c1. The minimum absolute atomic E-state index is 0.102. The Morgan fingerprint density at radius 3 is 2.76 bits per heavy atom. The number of amides is 3. The zero-order chi connectivity index (χ0) is 15.2. The first-order chi connectivity index (χ1) is 10.1. The van der Waals surface area contributed by atoms with Crippen LogP contribution < -0.4 is 10.6 Å². The van der Waals surface area contributed by atoms with E-state index in [-0.39, 0.29) is 24.3 Å². The summed E-state index contributed by atoms with van der Waals surface area (Å²) in [6.07, 6.45) is 1.95. The number of carbonyl (C=O) groups excluding carboxylic acids is 2. The summed E-state index contributed by atoms with van der Waals surface area (Å²) >= 11 is 0. The van der Waals surface area contributed by atoms with E-state index in [1.807, 2.05) is 17.9 Å². The van der Waals surface area contributed by atoms with E-state index in [9.17, 15) is 14.0 Å². The average Bonchev–Trinajstić information content (AvgIpc) is 3.21. The maximum atomic E-state index is 13.1. The fraction of sp³-hybridized carbons (Fsp3) is 0.467. The number of urea groups is 1. The van der Waals surface area contributed by atoms with E-state index in [4.69, 9.17) is 0 Å². The van der Waals surface area contributed by atoms with E-state index in [0.717, 1.165) is 18.4 Å². The maximum Gasteiger partial charge on any atom is 0.321 e. The third-order valence-corrected chi connectivity index (χ3v) is 3.28. The van der Waals surface area contributed by atoms with Crippen LogP contribution in [0.1, 0.15) is 25.3 Å². The zero-order valence-electron chi connectivity index (χ0n) is 12.1. The van der Waals surface area contributed by atoms with Crippen LogP contribution in [0.15, 0.2) is 24.3 Å². The Kier molecular flexibility index (Phi) is 5.27. The molecule has 1 fully saturated rings. The van der Waals surface area contributed by atoms with E-state index in [0.29, 0.717) is 13.1 Å². The first-order valence-corrected chi connectivity index (χ1v) is 7.14. The van der Waals surface area contributed by atoms with Crippen LogP contribution in [0.2, 0.25) is 0 Å². The molecule has 1 saturated carbocycles. The van der Waals surface area contributed by atoms with Crippen molar-refractivity contribution in [3.8, 4) is 0 Å². The minimum Gasteiger partial charge on any atom is -0.335 e. The predicted octanol–water partition coefficient (Wildman–Crippen LogP) is 1.64. The van der Waals surface area contributed by atoms with Crippen molar-refractivity contribution in [1.29, 1.82) is 0 Å². The number of benzene rings is 1. The molecule has 0 spiro atoms. The van der Waals surface area contributed by atoms with Gasteiger partial charge in [-0.3, -0.25) is 15.0 Å². The highest BCUT2D eigenvalue weighted by Gasteiger charge is 2.24. The Hall–Kier alpha value is -1.95. The van der Waals surface area contributed by atoms with Crippen molar-refractivity contribution in [2.24, 2.45) is 0 Å². The van der Waals surface area contributed by atoms with Crippen molar-refractivity contribution in [3.63, 3.8) is 0 Å². The number of likely N-dealkylation sites (N-methyl/N-ethyl adjacent to an activating group) is 1. The molecule has 3 amide bonds. The number of nitrogens with one attached hydrogen (secondary N) is 2. The van der Waals surface area contributed by atoms with Crippen molar-refractivity contribution in [2.75, 3.05) is 13.1 Å². The van der Waals surface area contributed by atoms with E-state index >= 15 is 0 Å². The quantitative estimate of drug-likeness (QED) is 0.838. The van der Waals surface area contributed by atoms with Crippen LogP contribution in [0.25, 0.3) is 0 Å². The summed E-state index contributed by atoms with van der Waals surface area (Å²) in [4.78, 5) is 25.1. The van der Waals surface area contributed by atoms with E-state index < -0.39 is 6.03 Å². The molecule has 6 heteroatoms. The summed E-state index contributed by atoms with van der Waals surface area (Å²) in [6, 6.07) is 6.05. The summed E-state index contributed by atoms with van der Waals surface area (Å²) in [7, 11) is 0. The fourth-order valence-electron chi connectivity index (χ4n) is 1.99. The normalized spacial score (nSPS) is 14.0. The number of hydrogen-bond acceptors (Lipinski definition) is 3. The molecule has 0 bridgehead atoms. The highest BCUT2D eigenvalue weighted by molar-refractivity contribution is 5.95. The van der Waals surface area contributed by atoms with Gasteiger partial charge in [-0.1, -0.05) is 19.1 Å². The number of nitrogens with zero attached hydrogens (tertiary/aromatic N) is 1. The number of halogens is 1. The Balaban J connectivity index is 1.80. The molecule has 114 valence electrons. The van der Waals surface area contributed by atoms with Gasteiger partial charge >= 0.3 is 6.03 Å². The molecule has 1 aliphatic rings. The summed E-state index contributed by atoms with van der Waals surface area (Å²) < 4.78 is 13.1. The molecule has 1 aromatic rings. The van der Waals surface area contributed by atoms with Gasteiger partial charge in [0, 0.05) is 12.6 Å². The number of hydrogen-bond donors (Lipinski definition) is 2. The third-order valence-electron chi connectivity index (χ3n) is 3.28. The van der Waals surface area contributed by atoms with E-state index in [2.05, 4.69) is 10.6 Å². The lowest BCUT2D eigenvalue weighted by Crippen LogP contribution is -2.45. The molecule has 0 unspecified atom stereocenters. The molecule has 21 heavy (non-hydrogen) atoms. The van der Waals surface area contributed by atoms with Crippen LogP contribution in [-0.2, 0) is 11.3 Å². The van der Waals surface area contributed by atoms with E-state index in [1.54, 1.807) is 6.07 Å². The lowest BCUT2D eigenvalue weighted by atomic mass is 10.2. The van der Waals surface area contributed by atoms with Gasteiger partial charge in [-0.15, -0.1) is 0 Å². The molecule has 0 atom stereocenters. The number of carbonyl (C=O) groups is 2.